The van der Waals surface area contributed by atoms with E-state index >= 15 is 0 Å². The summed E-state index contributed by atoms with van der Waals surface area (Å²) in [4.78, 5) is 29.3. The quantitative estimate of drug-likeness (QED) is 0.320. The van der Waals surface area contributed by atoms with Crippen LogP contribution in [0.2, 0.25) is 0 Å². The van der Waals surface area contributed by atoms with Gasteiger partial charge in [0, 0.05) is 50.4 Å². The molecule has 2 aliphatic rings. The van der Waals surface area contributed by atoms with Crippen LogP contribution in [-0.4, -0.2) is 74.1 Å². The standard InChI is InChI=1S/C31H41N3O5.BrH/c1-31(2,3)24-16-23(17-25(33-13-8-9-14-33)29(24)39-20-27(36)37)26(35)19-34-18-22(12-15-38-4)28(30(34)32)21-10-6-5-7-11-21;/h5-7,10-11,16-17,22,28,32H,8-9,12-15,18-20H2,1-4H3,(H,36,37);1H/t22-,28+;/m0./s1. The smallest absolute Gasteiger partial charge is 0.341 e. The fourth-order valence-electron chi connectivity index (χ4n) is 5.75. The molecule has 2 saturated heterocycles. The average Bonchev–Trinajstić information content (AvgIpc) is 3.54. The van der Waals surface area contributed by atoms with Gasteiger partial charge in [-0.3, -0.25) is 10.2 Å². The number of nitrogens with one attached hydrogen (secondary N) is 1. The highest BCUT2D eigenvalue weighted by Crippen LogP contribution is 2.42. The van der Waals surface area contributed by atoms with Crippen LogP contribution in [0.1, 0.15) is 67.4 Å². The van der Waals surface area contributed by atoms with Crippen molar-refractivity contribution in [2.24, 2.45) is 5.92 Å². The van der Waals surface area contributed by atoms with Gasteiger partial charge in [0.05, 0.1) is 12.2 Å². The van der Waals surface area contributed by atoms with Crippen molar-refractivity contribution < 1.29 is 24.2 Å². The Morgan fingerprint density at radius 1 is 1.10 bits per heavy atom. The van der Waals surface area contributed by atoms with Crippen LogP contribution >= 0.6 is 17.0 Å². The third-order valence-corrected chi connectivity index (χ3v) is 7.73. The Kier molecular flexibility index (Phi) is 10.8. The van der Waals surface area contributed by atoms with E-state index in [0.717, 1.165) is 49.2 Å². The first kappa shape index (κ1) is 31.6. The van der Waals surface area contributed by atoms with E-state index in [9.17, 15) is 14.7 Å². The molecule has 0 bridgehead atoms. The van der Waals surface area contributed by atoms with Crippen LogP contribution in [0.5, 0.6) is 5.75 Å². The first-order valence-corrected chi connectivity index (χ1v) is 13.8. The summed E-state index contributed by atoms with van der Waals surface area (Å²) >= 11 is 0. The number of aliphatic carboxylic acids is 1. The molecule has 40 heavy (non-hydrogen) atoms. The monoisotopic (exact) mass is 615 g/mol. The molecule has 0 amide bonds. The predicted molar refractivity (Wildman–Crippen MR) is 163 cm³/mol. The SMILES string of the molecule is Br.COCC[C@H]1CN(CC(=O)c2cc(N3CCCC3)c(OCC(=O)O)c(C(C)(C)C)c2)C(=N)[C@@H]1c1ccccc1. The maximum Gasteiger partial charge on any atom is 0.341 e. The van der Waals surface area contributed by atoms with Crippen molar-refractivity contribution in [3.8, 4) is 5.75 Å². The fourth-order valence-corrected chi connectivity index (χ4v) is 5.75. The summed E-state index contributed by atoms with van der Waals surface area (Å²) in [5.74, 6) is 0.0190. The first-order chi connectivity index (χ1) is 18.6. The summed E-state index contributed by atoms with van der Waals surface area (Å²) in [6.07, 6.45) is 2.89. The Bertz CT molecular complexity index is 1190. The Morgan fingerprint density at radius 3 is 2.38 bits per heavy atom. The number of hydrogen-bond donors (Lipinski definition) is 2. The van der Waals surface area contributed by atoms with Gasteiger partial charge in [-0.25, -0.2) is 4.79 Å². The molecule has 4 rings (SSSR count). The molecule has 9 heteroatoms. The Labute approximate surface area is 247 Å². The number of ether oxygens (including phenoxy) is 2. The van der Waals surface area contributed by atoms with E-state index in [1.165, 1.54) is 0 Å². The molecule has 8 nitrogen and oxygen atoms in total. The van der Waals surface area contributed by atoms with E-state index in [1.807, 2.05) is 56.0 Å². The molecule has 2 aromatic rings. The van der Waals surface area contributed by atoms with Crippen LogP contribution in [0.25, 0.3) is 0 Å². The number of ketones is 1. The molecule has 2 N–H and O–H groups in total. The second kappa shape index (κ2) is 13.6. The number of Topliss-reactive ketones (excluding diaryl/α,β-unsaturated/α-hetero) is 1. The number of nitrogens with zero attached hydrogens (tertiary/aromatic N) is 2. The number of halogens is 1. The van der Waals surface area contributed by atoms with Crippen LogP contribution in [-0.2, 0) is 14.9 Å². The largest absolute Gasteiger partial charge is 0.479 e. The molecule has 0 aromatic heterocycles. The molecule has 2 heterocycles. The number of likely N-dealkylation sites (tertiary alicyclic amines) is 1. The second-order valence-electron chi connectivity index (χ2n) is 11.6. The van der Waals surface area contributed by atoms with Gasteiger partial charge in [0.25, 0.3) is 0 Å². The minimum Gasteiger partial charge on any atom is -0.479 e. The van der Waals surface area contributed by atoms with Crippen LogP contribution in [0.15, 0.2) is 42.5 Å². The number of carbonyl (C=O) groups excluding carboxylic acids is 1. The molecule has 2 aromatic carbocycles. The summed E-state index contributed by atoms with van der Waals surface area (Å²) in [6, 6.07) is 13.8. The maximum absolute atomic E-state index is 13.8. The van der Waals surface area contributed by atoms with Crippen LogP contribution in [0, 0.1) is 11.3 Å². The van der Waals surface area contributed by atoms with Crippen molar-refractivity contribution in [1.29, 1.82) is 5.41 Å². The first-order valence-electron chi connectivity index (χ1n) is 13.8. The van der Waals surface area contributed by atoms with Crippen molar-refractivity contribution in [2.45, 2.75) is 51.4 Å². The zero-order chi connectivity index (χ0) is 28.2. The van der Waals surface area contributed by atoms with Crippen molar-refractivity contribution in [2.75, 3.05) is 51.4 Å². The fraction of sp³-hybridized carbons (Fsp3) is 0.516. The number of rotatable bonds is 11. The topological polar surface area (TPSA) is 103 Å². The number of anilines is 1. The third kappa shape index (κ3) is 7.23. The number of benzene rings is 2. The van der Waals surface area contributed by atoms with Crippen molar-refractivity contribution >= 4 is 40.3 Å². The average molecular weight is 617 g/mol. The second-order valence-corrected chi connectivity index (χ2v) is 11.6. The van der Waals surface area contributed by atoms with Crippen molar-refractivity contribution in [3.63, 3.8) is 0 Å². The highest BCUT2D eigenvalue weighted by molar-refractivity contribution is 8.93. The van der Waals surface area contributed by atoms with Crippen LogP contribution in [0.4, 0.5) is 5.69 Å². The molecule has 218 valence electrons. The summed E-state index contributed by atoms with van der Waals surface area (Å²) in [5.41, 5.74) is 2.87. The van der Waals surface area contributed by atoms with Gasteiger partial charge < -0.3 is 24.4 Å². The number of carboxylic acid groups (broad SMARTS) is 1. The van der Waals surface area contributed by atoms with Gasteiger partial charge >= 0.3 is 5.97 Å². The molecule has 0 aliphatic carbocycles. The lowest BCUT2D eigenvalue weighted by Crippen LogP contribution is -2.32. The minimum atomic E-state index is -1.04. The van der Waals surface area contributed by atoms with Gasteiger partial charge in [-0.15, -0.1) is 17.0 Å². The van der Waals surface area contributed by atoms with E-state index in [1.54, 1.807) is 7.11 Å². The lowest BCUT2D eigenvalue weighted by Gasteiger charge is -2.29. The van der Waals surface area contributed by atoms with E-state index in [4.69, 9.17) is 14.9 Å². The summed E-state index contributed by atoms with van der Waals surface area (Å²) in [5, 5.41) is 18.3. The van der Waals surface area contributed by atoms with Gasteiger partial charge in [0.15, 0.2) is 12.4 Å². The molecule has 2 atom stereocenters. The van der Waals surface area contributed by atoms with E-state index in [-0.39, 0.29) is 46.6 Å². The van der Waals surface area contributed by atoms with E-state index < -0.39 is 12.6 Å². The predicted octanol–water partition coefficient (Wildman–Crippen LogP) is 5.54. The Balaban J connectivity index is 0.00000441. The number of amidine groups is 1. The Morgan fingerprint density at radius 2 is 1.77 bits per heavy atom. The van der Waals surface area contributed by atoms with Crippen molar-refractivity contribution in [1.82, 2.24) is 4.90 Å². The highest BCUT2D eigenvalue weighted by Gasteiger charge is 2.39. The van der Waals surface area contributed by atoms with Crippen LogP contribution < -0.4 is 9.64 Å². The van der Waals surface area contributed by atoms with Gasteiger partial charge in [0.2, 0.25) is 0 Å². The van der Waals surface area contributed by atoms with Gasteiger partial charge in [-0.2, -0.15) is 0 Å². The summed E-state index contributed by atoms with van der Waals surface area (Å²) < 4.78 is 11.2. The molecular weight excluding hydrogens is 574 g/mol. The van der Waals surface area contributed by atoms with E-state index in [0.29, 0.717) is 30.3 Å². The molecule has 0 radical (unpaired) electrons. The summed E-state index contributed by atoms with van der Waals surface area (Å²) in [6.45, 7) is 8.70. The minimum absolute atomic E-state index is 0. The number of hydrogen-bond acceptors (Lipinski definition) is 6. The molecule has 0 spiro atoms. The number of carbonyl (C=O) groups is 2. The molecular formula is C31H42BrN3O5. The normalized spacial score (nSPS) is 19.1. The van der Waals surface area contributed by atoms with E-state index in [2.05, 4.69) is 17.0 Å². The van der Waals surface area contributed by atoms with Crippen LogP contribution in [0.3, 0.4) is 0 Å². The third-order valence-electron chi connectivity index (χ3n) is 7.73. The zero-order valence-corrected chi connectivity index (χ0v) is 25.7. The lowest BCUT2D eigenvalue weighted by atomic mass is 9.84. The highest BCUT2D eigenvalue weighted by atomic mass is 79.9. The molecule has 0 saturated carbocycles. The number of methoxy groups -OCH3 is 1. The van der Waals surface area contributed by atoms with Crippen molar-refractivity contribution in [3.05, 3.63) is 59.2 Å². The Hall–Kier alpha value is -2.91. The van der Waals surface area contributed by atoms with Gasteiger partial charge in [-0.1, -0.05) is 51.1 Å². The van der Waals surface area contributed by atoms with Gasteiger partial charge in [-0.05, 0) is 48.3 Å². The zero-order valence-electron chi connectivity index (χ0n) is 23.9. The summed E-state index contributed by atoms with van der Waals surface area (Å²) in [7, 11) is 1.69. The van der Waals surface area contributed by atoms with Gasteiger partial charge in [0.1, 0.15) is 11.6 Å². The number of carboxylic acids is 1. The maximum atomic E-state index is 13.8. The lowest BCUT2D eigenvalue weighted by molar-refractivity contribution is -0.139. The molecule has 2 fully saturated rings. The molecule has 2 aliphatic heterocycles. The molecule has 0 unspecified atom stereocenters.